The Labute approximate surface area is 113 Å². The van der Waals surface area contributed by atoms with Gasteiger partial charge in [0.15, 0.2) is 0 Å². The van der Waals surface area contributed by atoms with E-state index in [1.165, 1.54) is 6.07 Å². The maximum atomic E-state index is 11.8. The molecule has 0 aliphatic heterocycles. The SMILES string of the molecule is CCC(CC)NC(=O)Nc1ccc(C)cc1C(=O)O. The lowest BCUT2D eigenvalue weighted by molar-refractivity contribution is 0.0698. The van der Waals surface area contributed by atoms with Gasteiger partial charge in [0.1, 0.15) is 0 Å². The summed E-state index contributed by atoms with van der Waals surface area (Å²) in [6, 6.07) is 4.62. The number of carbonyl (C=O) groups excluding carboxylic acids is 1. The number of benzene rings is 1. The van der Waals surface area contributed by atoms with E-state index in [-0.39, 0.29) is 17.6 Å². The molecular weight excluding hydrogens is 244 g/mol. The standard InChI is InChI=1S/C14H20N2O3/c1-4-10(5-2)15-14(19)16-12-7-6-9(3)8-11(12)13(17)18/h6-8,10H,4-5H2,1-3H3,(H,17,18)(H2,15,16,19). The van der Waals surface area contributed by atoms with Crippen LogP contribution in [-0.4, -0.2) is 23.1 Å². The lowest BCUT2D eigenvalue weighted by Crippen LogP contribution is -2.37. The van der Waals surface area contributed by atoms with Gasteiger partial charge < -0.3 is 15.7 Å². The van der Waals surface area contributed by atoms with Crippen molar-refractivity contribution in [2.45, 2.75) is 39.7 Å². The second-order valence-electron chi connectivity index (χ2n) is 4.47. The Balaban J connectivity index is 2.82. The maximum absolute atomic E-state index is 11.8. The zero-order valence-electron chi connectivity index (χ0n) is 11.5. The first kappa shape index (κ1) is 15.0. The van der Waals surface area contributed by atoms with Crippen molar-refractivity contribution in [3.63, 3.8) is 0 Å². The number of amides is 2. The molecule has 0 atom stereocenters. The van der Waals surface area contributed by atoms with E-state index < -0.39 is 5.97 Å². The fourth-order valence-electron chi connectivity index (χ4n) is 1.78. The smallest absolute Gasteiger partial charge is 0.337 e. The van der Waals surface area contributed by atoms with E-state index in [0.29, 0.717) is 5.69 Å². The van der Waals surface area contributed by atoms with Gasteiger partial charge in [-0.3, -0.25) is 0 Å². The largest absolute Gasteiger partial charge is 0.478 e. The summed E-state index contributed by atoms with van der Waals surface area (Å²) in [5.74, 6) is -1.05. The second kappa shape index (κ2) is 6.78. The number of aryl methyl sites for hydroxylation is 1. The van der Waals surface area contributed by atoms with Crippen molar-refractivity contribution < 1.29 is 14.7 Å². The van der Waals surface area contributed by atoms with Gasteiger partial charge in [0, 0.05) is 6.04 Å². The van der Waals surface area contributed by atoms with Crippen LogP contribution >= 0.6 is 0 Å². The monoisotopic (exact) mass is 264 g/mol. The minimum atomic E-state index is -1.05. The second-order valence-corrected chi connectivity index (χ2v) is 4.47. The Kier molecular flexibility index (Phi) is 5.36. The van der Waals surface area contributed by atoms with Crippen molar-refractivity contribution in [1.82, 2.24) is 5.32 Å². The summed E-state index contributed by atoms with van der Waals surface area (Å²) < 4.78 is 0. The molecule has 2 amide bonds. The third-order valence-electron chi connectivity index (χ3n) is 2.97. The molecule has 0 aliphatic carbocycles. The fraction of sp³-hybridized carbons (Fsp3) is 0.429. The van der Waals surface area contributed by atoms with Crippen LogP contribution in [0.15, 0.2) is 18.2 Å². The molecule has 19 heavy (non-hydrogen) atoms. The van der Waals surface area contributed by atoms with Gasteiger partial charge in [0.05, 0.1) is 11.3 Å². The van der Waals surface area contributed by atoms with E-state index in [4.69, 9.17) is 5.11 Å². The molecule has 1 aromatic rings. The summed E-state index contributed by atoms with van der Waals surface area (Å²) in [6.45, 7) is 5.78. The number of rotatable bonds is 5. The van der Waals surface area contributed by atoms with Crippen LogP contribution in [-0.2, 0) is 0 Å². The first-order valence-electron chi connectivity index (χ1n) is 6.39. The topological polar surface area (TPSA) is 78.4 Å². The van der Waals surface area contributed by atoms with Gasteiger partial charge in [-0.15, -0.1) is 0 Å². The van der Waals surface area contributed by atoms with Gasteiger partial charge in [0.2, 0.25) is 0 Å². The number of aromatic carboxylic acids is 1. The number of carbonyl (C=O) groups is 2. The summed E-state index contributed by atoms with van der Waals surface area (Å²) in [5, 5.41) is 14.5. The average Bonchev–Trinajstić information content (AvgIpc) is 2.37. The van der Waals surface area contributed by atoms with E-state index in [2.05, 4.69) is 10.6 Å². The molecule has 0 heterocycles. The molecule has 0 bridgehead atoms. The molecule has 5 heteroatoms. The molecule has 0 fully saturated rings. The Hall–Kier alpha value is -2.04. The van der Waals surface area contributed by atoms with Crippen molar-refractivity contribution >= 4 is 17.7 Å². The highest BCUT2D eigenvalue weighted by Crippen LogP contribution is 2.17. The zero-order valence-corrected chi connectivity index (χ0v) is 11.5. The van der Waals surface area contributed by atoms with Gasteiger partial charge in [0.25, 0.3) is 0 Å². The van der Waals surface area contributed by atoms with Crippen molar-refractivity contribution in [2.75, 3.05) is 5.32 Å². The molecule has 104 valence electrons. The van der Waals surface area contributed by atoms with Gasteiger partial charge in [-0.1, -0.05) is 25.5 Å². The highest BCUT2D eigenvalue weighted by Gasteiger charge is 2.14. The van der Waals surface area contributed by atoms with Crippen LogP contribution in [0.25, 0.3) is 0 Å². The number of hydrogen-bond acceptors (Lipinski definition) is 2. The zero-order chi connectivity index (χ0) is 14.4. The van der Waals surface area contributed by atoms with E-state index in [1.54, 1.807) is 19.1 Å². The van der Waals surface area contributed by atoms with Crippen LogP contribution in [0.3, 0.4) is 0 Å². The molecule has 0 unspecified atom stereocenters. The van der Waals surface area contributed by atoms with Crippen molar-refractivity contribution in [3.05, 3.63) is 29.3 Å². The average molecular weight is 264 g/mol. The predicted molar refractivity (Wildman–Crippen MR) is 74.7 cm³/mol. The van der Waals surface area contributed by atoms with E-state index >= 15 is 0 Å². The van der Waals surface area contributed by atoms with E-state index in [0.717, 1.165) is 18.4 Å². The van der Waals surface area contributed by atoms with Crippen LogP contribution in [0.2, 0.25) is 0 Å². The van der Waals surface area contributed by atoms with Crippen molar-refractivity contribution in [3.8, 4) is 0 Å². The number of nitrogens with one attached hydrogen (secondary N) is 2. The molecule has 1 aromatic carbocycles. The van der Waals surface area contributed by atoms with Gasteiger partial charge in [-0.25, -0.2) is 9.59 Å². The number of anilines is 1. The third-order valence-corrected chi connectivity index (χ3v) is 2.97. The normalized spacial score (nSPS) is 10.3. The van der Waals surface area contributed by atoms with Crippen LogP contribution in [0.1, 0.15) is 42.6 Å². The van der Waals surface area contributed by atoms with Gasteiger partial charge in [-0.05, 0) is 31.9 Å². The number of urea groups is 1. The molecule has 0 saturated heterocycles. The number of hydrogen-bond donors (Lipinski definition) is 3. The number of carboxylic acid groups (broad SMARTS) is 1. The fourth-order valence-corrected chi connectivity index (χ4v) is 1.78. The number of carboxylic acids is 1. The summed E-state index contributed by atoms with van der Waals surface area (Å²) in [6.07, 6.45) is 1.67. The van der Waals surface area contributed by atoms with Gasteiger partial charge >= 0.3 is 12.0 Å². The summed E-state index contributed by atoms with van der Waals surface area (Å²) in [7, 11) is 0. The van der Waals surface area contributed by atoms with Crippen molar-refractivity contribution in [1.29, 1.82) is 0 Å². The first-order valence-corrected chi connectivity index (χ1v) is 6.39. The molecular formula is C14H20N2O3. The summed E-state index contributed by atoms with van der Waals surface area (Å²) >= 11 is 0. The maximum Gasteiger partial charge on any atom is 0.337 e. The Morgan fingerprint density at radius 2 is 1.89 bits per heavy atom. The molecule has 1 rings (SSSR count). The van der Waals surface area contributed by atoms with Crippen LogP contribution in [0.4, 0.5) is 10.5 Å². The first-order chi connectivity index (χ1) is 8.97. The molecule has 3 N–H and O–H groups in total. The quantitative estimate of drug-likeness (QED) is 0.765. The van der Waals surface area contributed by atoms with Crippen LogP contribution < -0.4 is 10.6 Å². The van der Waals surface area contributed by atoms with E-state index in [1.807, 2.05) is 13.8 Å². The third kappa shape index (κ3) is 4.28. The van der Waals surface area contributed by atoms with Crippen LogP contribution in [0.5, 0.6) is 0 Å². The molecule has 0 aliphatic rings. The Bertz CT molecular complexity index is 468. The molecule has 0 aromatic heterocycles. The van der Waals surface area contributed by atoms with Crippen LogP contribution in [0, 0.1) is 6.92 Å². The van der Waals surface area contributed by atoms with Gasteiger partial charge in [-0.2, -0.15) is 0 Å². The van der Waals surface area contributed by atoms with Crippen molar-refractivity contribution in [2.24, 2.45) is 0 Å². The minimum absolute atomic E-state index is 0.0960. The summed E-state index contributed by atoms with van der Waals surface area (Å²) in [4.78, 5) is 22.9. The highest BCUT2D eigenvalue weighted by atomic mass is 16.4. The minimum Gasteiger partial charge on any atom is -0.478 e. The lowest BCUT2D eigenvalue weighted by atomic mass is 10.1. The molecule has 0 radical (unpaired) electrons. The lowest BCUT2D eigenvalue weighted by Gasteiger charge is -2.16. The highest BCUT2D eigenvalue weighted by molar-refractivity contribution is 6.00. The Morgan fingerprint density at radius 1 is 1.26 bits per heavy atom. The predicted octanol–water partition coefficient (Wildman–Crippen LogP) is 3.00. The Morgan fingerprint density at radius 3 is 2.42 bits per heavy atom. The molecule has 0 spiro atoms. The molecule has 0 saturated carbocycles. The van der Waals surface area contributed by atoms with E-state index in [9.17, 15) is 9.59 Å². The molecule has 5 nitrogen and oxygen atoms in total. The summed E-state index contributed by atoms with van der Waals surface area (Å²) in [5.41, 5.74) is 1.24.